The number of nitriles is 1. The van der Waals surface area contributed by atoms with Crippen LogP contribution >= 0.6 is 0 Å². The fourth-order valence-electron chi connectivity index (χ4n) is 1.27. The highest BCUT2D eigenvalue weighted by Crippen LogP contribution is 2.10. The first-order chi connectivity index (χ1) is 7.54. The highest BCUT2D eigenvalue weighted by atomic mass is 16.1. The first-order valence-corrected chi connectivity index (χ1v) is 4.96. The van der Waals surface area contributed by atoms with Crippen molar-refractivity contribution in [2.75, 3.05) is 5.32 Å². The Labute approximate surface area is 94.3 Å². The van der Waals surface area contributed by atoms with E-state index in [1.807, 2.05) is 19.9 Å². The van der Waals surface area contributed by atoms with Crippen molar-refractivity contribution in [3.05, 3.63) is 23.9 Å². The fraction of sp³-hybridized carbons (Fsp3) is 0.364. The number of rotatable bonds is 4. The number of nitrogens with zero attached hydrogens (tertiary/aromatic N) is 2. The van der Waals surface area contributed by atoms with Gasteiger partial charge in [-0.3, -0.25) is 4.79 Å². The van der Waals surface area contributed by atoms with Crippen LogP contribution in [0.2, 0.25) is 0 Å². The van der Waals surface area contributed by atoms with Crippen LogP contribution in [0.4, 0.5) is 5.82 Å². The molecule has 0 spiro atoms. The molecule has 0 saturated carbocycles. The predicted molar refractivity (Wildman–Crippen MR) is 60.4 cm³/mol. The molecule has 0 aliphatic rings. The Bertz CT molecular complexity index is 405. The SMILES string of the molecule is CC(C)[C@@H](Nc1ccc(C#N)cn1)C(N)=O. The molecule has 0 bridgehead atoms. The number of carbonyl (C=O) groups excluding carboxylic acids is 1. The molecule has 0 radical (unpaired) electrons. The lowest BCUT2D eigenvalue weighted by Gasteiger charge is -2.19. The molecule has 0 aromatic carbocycles. The van der Waals surface area contributed by atoms with E-state index in [1.165, 1.54) is 6.20 Å². The summed E-state index contributed by atoms with van der Waals surface area (Å²) in [5.74, 6) is 0.201. The van der Waals surface area contributed by atoms with Gasteiger partial charge in [-0.15, -0.1) is 0 Å². The molecule has 1 atom stereocenters. The molecule has 0 aliphatic carbocycles. The average molecular weight is 218 g/mol. The minimum atomic E-state index is -0.458. The van der Waals surface area contributed by atoms with E-state index in [0.29, 0.717) is 11.4 Å². The van der Waals surface area contributed by atoms with Crippen molar-refractivity contribution in [3.63, 3.8) is 0 Å². The van der Waals surface area contributed by atoms with Crippen molar-refractivity contribution in [1.82, 2.24) is 4.98 Å². The van der Waals surface area contributed by atoms with Gasteiger partial charge in [0.05, 0.1) is 5.56 Å². The van der Waals surface area contributed by atoms with E-state index in [9.17, 15) is 4.79 Å². The highest BCUT2D eigenvalue weighted by Gasteiger charge is 2.19. The lowest BCUT2D eigenvalue weighted by Crippen LogP contribution is -2.39. The second-order valence-electron chi connectivity index (χ2n) is 3.81. The first kappa shape index (κ1) is 12.0. The molecular formula is C11H14N4O. The Morgan fingerprint density at radius 1 is 1.56 bits per heavy atom. The summed E-state index contributed by atoms with van der Waals surface area (Å²) in [4.78, 5) is 15.2. The number of hydrogen-bond acceptors (Lipinski definition) is 4. The van der Waals surface area contributed by atoms with E-state index < -0.39 is 11.9 Å². The van der Waals surface area contributed by atoms with Gasteiger partial charge in [0.2, 0.25) is 5.91 Å². The fourth-order valence-corrected chi connectivity index (χ4v) is 1.27. The number of anilines is 1. The Kier molecular flexibility index (Phi) is 3.84. The number of hydrogen-bond donors (Lipinski definition) is 2. The van der Waals surface area contributed by atoms with Crippen LogP contribution in [-0.2, 0) is 4.79 Å². The van der Waals surface area contributed by atoms with Crippen LogP contribution in [0.25, 0.3) is 0 Å². The minimum absolute atomic E-state index is 0.0787. The van der Waals surface area contributed by atoms with Gasteiger partial charge in [-0.25, -0.2) is 4.98 Å². The molecule has 0 aliphatic heterocycles. The highest BCUT2D eigenvalue weighted by molar-refractivity contribution is 5.82. The number of amides is 1. The van der Waals surface area contributed by atoms with Gasteiger partial charge in [0, 0.05) is 6.20 Å². The van der Waals surface area contributed by atoms with Gasteiger partial charge in [-0.2, -0.15) is 5.26 Å². The number of nitrogens with one attached hydrogen (secondary N) is 1. The number of pyridine rings is 1. The maximum Gasteiger partial charge on any atom is 0.240 e. The lowest BCUT2D eigenvalue weighted by molar-refractivity contribution is -0.119. The van der Waals surface area contributed by atoms with Crippen LogP contribution in [0, 0.1) is 17.2 Å². The van der Waals surface area contributed by atoms with Gasteiger partial charge in [0.25, 0.3) is 0 Å². The Morgan fingerprint density at radius 2 is 2.25 bits per heavy atom. The van der Waals surface area contributed by atoms with Gasteiger partial charge in [-0.05, 0) is 18.1 Å². The van der Waals surface area contributed by atoms with Crippen molar-refractivity contribution >= 4 is 11.7 Å². The topological polar surface area (TPSA) is 91.8 Å². The van der Waals surface area contributed by atoms with Gasteiger partial charge in [-0.1, -0.05) is 13.8 Å². The minimum Gasteiger partial charge on any atom is -0.368 e. The van der Waals surface area contributed by atoms with Crippen LogP contribution < -0.4 is 11.1 Å². The van der Waals surface area contributed by atoms with E-state index in [-0.39, 0.29) is 5.92 Å². The Morgan fingerprint density at radius 3 is 2.62 bits per heavy atom. The van der Waals surface area contributed by atoms with Crippen molar-refractivity contribution in [2.24, 2.45) is 11.7 Å². The zero-order chi connectivity index (χ0) is 12.1. The molecule has 84 valence electrons. The number of aromatic nitrogens is 1. The number of nitrogens with two attached hydrogens (primary N) is 1. The normalized spacial score (nSPS) is 11.9. The van der Waals surface area contributed by atoms with Crippen LogP contribution in [0.3, 0.4) is 0 Å². The third-order valence-electron chi connectivity index (χ3n) is 2.17. The molecule has 1 rings (SSSR count). The summed E-state index contributed by atoms with van der Waals surface area (Å²) in [7, 11) is 0. The quantitative estimate of drug-likeness (QED) is 0.784. The summed E-state index contributed by atoms with van der Waals surface area (Å²) in [6, 6.07) is 4.80. The van der Waals surface area contributed by atoms with E-state index in [4.69, 9.17) is 11.0 Å². The second-order valence-corrected chi connectivity index (χ2v) is 3.81. The summed E-state index contributed by atoms with van der Waals surface area (Å²) in [6.45, 7) is 3.79. The summed E-state index contributed by atoms with van der Waals surface area (Å²) >= 11 is 0. The predicted octanol–water partition coefficient (Wildman–Crippen LogP) is 0.875. The zero-order valence-electron chi connectivity index (χ0n) is 9.27. The molecule has 5 heteroatoms. The van der Waals surface area contributed by atoms with Crippen LogP contribution in [-0.4, -0.2) is 16.9 Å². The molecule has 1 aromatic heterocycles. The molecule has 16 heavy (non-hydrogen) atoms. The van der Waals surface area contributed by atoms with E-state index in [2.05, 4.69) is 10.3 Å². The molecule has 3 N–H and O–H groups in total. The molecule has 1 aromatic rings. The smallest absolute Gasteiger partial charge is 0.240 e. The average Bonchev–Trinajstić information content (AvgIpc) is 2.25. The van der Waals surface area contributed by atoms with Crippen LogP contribution in [0.1, 0.15) is 19.4 Å². The molecule has 5 nitrogen and oxygen atoms in total. The van der Waals surface area contributed by atoms with Gasteiger partial charge < -0.3 is 11.1 Å². The van der Waals surface area contributed by atoms with Crippen molar-refractivity contribution in [3.8, 4) is 6.07 Å². The number of primary amides is 1. The maximum absolute atomic E-state index is 11.1. The largest absolute Gasteiger partial charge is 0.368 e. The van der Waals surface area contributed by atoms with Gasteiger partial charge in [0.1, 0.15) is 17.9 Å². The summed E-state index contributed by atoms with van der Waals surface area (Å²) in [5.41, 5.74) is 5.74. The third-order valence-corrected chi connectivity index (χ3v) is 2.17. The zero-order valence-corrected chi connectivity index (χ0v) is 9.27. The summed E-state index contributed by atoms with van der Waals surface area (Å²) in [6.07, 6.45) is 1.45. The molecule has 0 fully saturated rings. The van der Waals surface area contributed by atoms with E-state index in [1.54, 1.807) is 12.1 Å². The van der Waals surface area contributed by atoms with E-state index in [0.717, 1.165) is 0 Å². The number of carbonyl (C=O) groups is 1. The van der Waals surface area contributed by atoms with Crippen molar-refractivity contribution in [1.29, 1.82) is 5.26 Å². The monoisotopic (exact) mass is 218 g/mol. The first-order valence-electron chi connectivity index (χ1n) is 4.96. The van der Waals surface area contributed by atoms with Gasteiger partial charge in [0.15, 0.2) is 0 Å². The molecule has 1 amide bonds. The van der Waals surface area contributed by atoms with Gasteiger partial charge >= 0.3 is 0 Å². The van der Waals surface area contributed by atoms with E-state index >= 15 is 0 Å². The summed E-state index contributed by atoms with van der Waals surface area (Å²) in [5, 5.41) is 11.5. The van der Waals surface area contributed by atoms with Crippen molar-refractivity contribution < 1.29 is 4.79 Å². The van der Waals surface area contributed by atoms with Crippen LogP contribution in [0.5, 0.6) is 0 Å². The van der Waals surface area contributed by atoms with Crippen LogP contribution in [0.15, 0.2) is 18.3 Å². The summed E-state index contributed by atoms with van der Waals surface area (Å²) < 4.78 is 0. The Balaban J connectivity index is 2.78. The standard InChI is InChI=1S/C11H14N4O/c1-7(2)10(11(13)16)15-9-4-3-8(5-12)6-14-9/h3-4,6-7,10H,1-2H3,(H2,13,16)(H,14,15)/t10-/m1/s1. The lowest BCUT2D eigenvalue weighted by atomic mass is 10.0. The van der Waals surface area contributed by atoms with Crippen molar-refractivity contribution in [2.45, 2.75) is 19.9 Å². The molecule has 0 saturated heterocycles. The molecule has 1 heterocycles. The molecular weight excluding hydrogens is 204 g/mol. The third kappa shape index (κ3) is 2.95. The second kappa shape index (κ2) is 5.12. The Hall–Kier alpha value is -2.09. The molecule has 0 unspecified atom stereocenters. The maximum atomic E-state index is 11.1.